The van der Waals surface area contributed by atoms with E-state index in [1.807, 2.05) is 31.2 Å². The molecule has 2 aromatic rings. The van der Waals surface area contributed by atoms with E-state index in [-0.39, 0.29) is 23.6 Å². The first-order chi connectivity index (χ1) is 14.0. The Labute approximate surface area is 170 Å². The third-order valence-electron chi connectivity index (χ3n) is 6.31. The van der Waals surface area contributed by atoms with Crippen molar-refractivity contribution in [3.63, 3.8) is 0 Å². The number of hydrogen-bond acceptors (Lipinski definition) is 5. The standard InChI is InChI=1S/C22H29N3O4/c1-14-15-7-3-4-8-18(15)29-19(14)20(27)25-22(10-5-2-6-11-22)21(28)24-16-9-12-23-13-17(16)26/h3-4,7-8,16-17,23,26H,2,5-6,9-13H2,1H3,(H,24,28)(H,25,27). The van der Waals surface area contributed by atoms with Crippen LogP contribution in [-0.2, 0) is 4.79 Å². The molecular weight excluding hydrogens is 370 g/mol. The molecule has 7 nitrogen and oxygen atoms in total. The van der Waals surface area contributed by atoms with Gasteiger partial charge in [0.15, 0.2) is 5.76 Å². The van der Waals surface area contributed by atoms with Crippen LogP contribution in [0, 0.1) is 6.92 Å². The number of piperidine rings is 1. The van der Waals surface area contributed by atoms with Crippen LogP contribution in [0.25, 0.3) is 11.0 Å². The zero-order valence-electron chi connectivity index (χ0n) is 16.8. The van der Waals surface area contributed by atoms with Gasteiger partial charge in [-0.25, -0.2) is 0 Å². The molecule has 4 N–H and O–H groups in total. The van der Waals surface area contributed by atoms with Crippen LogP contribution in [0.4, 0.5) is 0 Å². The minimum Gasteiger partial charge on any atom is -0.451 e. The lowest BCUT2D eigenvalue weighted by Crippen LogP contribution is -2.63. The fraction of sp³-hybridized carbons (Fsp3) is 0.545. The maximum absolute atomic E-state index is 13.3. The molecule has 29 heavy (non-hydrogen) atoms. The Kier molecular flexibility index (Phi) is 5.61. The third-order valence-corrected chi connectivity index (χ3v) is 6.31. The first kappa shape index (κ1) is 19.9. The van der Waals surface area contributed by atoms with Gasteiger partial charge in [0.25, 0.3) is 5.91 Å². The summed E-state index contributed by atoms with van der Waals surface area (Å²) in [4.78, 5) is 26.4. The van der Waals surface area contributed by atoms with Gasteiger partial charge >= 0.3 is 0 Å². The molecule has 2 amide bonds. The highest BCUT2D eigenvalue weighted by Crippen LogP contribution is 2.31. The second-order valence-electron chi connectivity index (χ2n) is 8.29. The van der Waals surface area contributed by atoms with Crippen LogP contribution >= 0.6 is 0 Å². The van der Waals surface area contributed by atoms with Gasteiger partial charge in [0.05, 0.1) is 12.1 Å². The maximum Gasteiger partial charge on any atom is 0.288 e. The predicted molar refractivity (Wildman–Crippen MR) is 110 cm³/mol. The summed E-state index contributed by atoms with van der Waals surface area (Å²) >= 11 is 0. The lowest BCUT2D eigenvalue weighted by Gasteiger charge is -2.39. The van der Waals surface area contributed by atoms with Gasteiger partial charge < -0.3 is 25.5 Å². The van der Waals surface area contributed by atoms with Gasteiger partial charge in [0.2, 0.25) is 5.91 Å². The van der Waals surface area contributed by atoms with Crippen molar-refractivity contribution in [2.45, 2.75) is 63.1 Å². The van der Waals surface area contributed by atoms with Crippen molar-refractivity contribution < 1.29 is 19.1 Å². The fourth-order valence-electron chi connectivity index (χ4n) is 4.55. The van der Waals surface area contributed by atoms with Gasteiger partial charge in [-0.2, -0.15) is 0 Å². The third kappa shape index (κ3) is 3.89. The van der Waals surface area contributed by atoms with Crippen LogP contribution in [-0.4, -0.2) is 47.7 Å². The SMILES string of the molecule is Cc1c(C(=O)NC2(C(=O)NC3CCNCC3O)CCCCC2)oc2ccccc12. The molecule has 2 heterocycles. The van der Waals surface area contributed by atoms with Crippen molar-refractivity contribution in [3.8, 4) is 0 Å². The highest BCUT2D eigenvalue weighted by atomic mass is 16.3. The number of aryl methyl sites for hydroxylation is 1. The van der Waals surface area contributed by atoms with E-state index in [0.717, 1.165) is 36.8 Å². The predicted octanol–water partition coefficient (Wildman–Crippen LogP) is 2.01. The summed E-state index contributed by atoms with van der Waals surface area (Å²) in [6.45, 7) is 3.07. The molecule has 0 spiro atoms. The average Bonchev–Trinajstić information content (AvgIpc) is 3.07. The van der Waals surface area contributed by atoms with Crippen LogP contribution in [0.2, 0.25) is 0 Å². The van der Waals surface area contributed by atoms with Gasteiger partial charge in [-0.3, -0.25) is 9.59 Å². The number of aliphatic hydroxyl groups excluding tert-OH is 1. The molecule has 1 saturated carbocycles. The zero-order chi connectivity index (χ0) is 20.4. The van der Waals surface area contributed by atoms with Gasteiger partial charge in [0, 0.05) is 17.5 Å². The molecule has 2 fully saturated rings. The summed E-state index contributed by atoms with van der Waals surface area (Å²) < 4.78 is 5.80. The molecule has 1 aliphatic heterocycles. The van der Waals surface area contributed by atoms with Crippen LogP contribution in [0.3, 0.4) is 0 Å². The van der Waals surface area contributed by atoms with Crippen molar-refractivity contribution in [2.24, 2.45) is 0 Å². The highest BCUT2D eigenvalue weighted by molar-refractivity contribution is 6.02. The van der Waals surface area contributed by atoms with E-state index in [1.54, 1.807) is 0 Å². The monoisotopic (exact) mass is 399 g/mol. The molecule has 2 atom stereocenters. The van der Waals surface area contributed by atoms with E-state index in [1.165, 1.54) is 0 Å². The van der Waals surface area contributed by atoms with E-state index in [0.29, 0.717) is 31.4 Å². The lowest BCUT2D eigenvalue weighted by atomic mass is 9.80. The second kappa shape index (κ2) is 8.16. The minimum atomic E-state index is -0.967. The molecule has 4 rings (SSSR count). The Bertz CT molecular complexity index is 901. The van der Waals surface area contributed by atoms with Crippen LogP contribution in [0.15, 0.2) is 28.7 Å². The molecule has 156 valence electrons. The van der Waals surface area contributed by atoms with Crippen molar-refractivity contribution in [1.29, 1.82) is 0 Å². The molecule has 1 aromatic heterocycles. The summed E-state index contributed by atoms with van der Waals surface area (Å²) in [6.07, 6.45) is 4.02. The van der Waals surface area contributed by atoms with Crippen LogP contribution in [0.5, 0.6) is 0 Å². The van der Waals surface area contributed by atoms with Gasteiger partial charge in [0.1, 0.15) is 11.1 Å². The smallest absolute Gasteiger partial charge is 0.288 e. The number of rotatable bonds is 4. The summed E-state index contributed by atoms with van der Waals surface area (Å²) in [7, 11) is 0. The molecule has 1 aliphatic carbocycles. The topological polar surface area (TPSA) is 104 Å². The number of furan rings is 1. The quantitative estimate of drug-likeness (QED) is 0.630. The van der Waals surface area contributed by atoms with Gasteiger partial charge in [-0.05, 0) is 38.8 Å². The van der Waals surface area contributed by atoms with E-state index >= 15 is 0 Å². The summed E-state index contributed by atoms with van der Waals surface area (Å²) in [5, 5.41) is 20.2. The Balaban J connectivity index is 1.56. The Morgan fingerprint density at radius 1 is 1.21 bits per heavy atom. The molecule has 2 unspecified atom stereocenters. The summed E-state index contributed by atoms with van der Waals surface area (Å²) in [5.74, 6) is -0.308. The number of para-hydroxylation sites is 1. The number of fused-ring (bicyclic) bond motifs is 1. The molecular formula is C22H29N3O4. The first-order valence-electron chi connectivity index (χ1n) is 10.5. The fourth-order valence-corrected chi connectivity index (χ4v) is 4.55. The highest BCUT2D eigenvalue weighted by Gasteiger charge is 2.43. The summed E-state index contributed by atoms with van der Waals surface area (Å²) in [5.41, 5.74) is 0.471. The summed E-state index contributed by atoms with van der Waals surface area (Å²) in [6, 6.07) is 7.24. The van der Waals surface area contributed by atoms with E-state index in [9.17, 15) is 14.7 Å². The zero-order valence-corrected chi connectivity index (χ0v) is 16.8. The van der Waals surface area contributed by atoms with E-state index < -0.39 is 11.6 Å². The van der Waals surface area contributed by atoms with E-state index in [4.69, 9.17) is 4.42 Å². The second-order valence-corrected chi connectivity index (χ2v) is 8.29. The molecule has 0 bridgehead atoms. The maximum atomic E-state index is 13.3. The number of carbonyl (C=O) groups is 2. The van der Waals surface area contributed by atoms with Crippen molar-refractivity contribution in [1.82, 2.24) is 16.0 Å². The van der Waals surface area contributed by atoms with Gasteiger partial charge in [-0.1, -0.05) is 37.5 Å². The first-order valence-corrected chi connectivity index (χ1v) is 10.5. The van der Waals surface area contributed by atoms with Crippen LogP contribution in [0.1, 0.15) is 54.6 Å². The minimum absolute atomic E-state index is 0.203. The number of nitrogens with one attached hydrogen (secondary N) is 3. The Morgan fingerprint density at radius 3 is 2.69 bits per heavy atom. The van der Waals surface area contributed by atoms with Crippen molar-refractivity contribution in [2.75, 3.05) is 13.1 Å². The average molecular weight is 399 g/mol. The molecule has 0 radical (unpaired) electrons. The van der Waals surface area contributed by atoms with Crippen LogP contribution < -0.4 is 16.0 Å². The Hall–Kier alpha value is -2.38. The van der Waals surface area contributed by atoms with E-state index in [2.05, 4.69) is 16.0 Å². The lowest BCUT2D eigenvalue weighted by molar-refractivity contribution is -0.130. The Morgan fingerprint density at radius 2 is 1.97 bits per heavy atom. The number of aliphatic hydroxyl groups is 1. The number of hydrogen-bond donors (Lipinski definition) is 4. The van der Waals surface area contributed by atoms with Crippen molar-refractivity contribution >= 4 is 22.8 Å². The molecule has 1 aromatic carbocycles. The number of β-amino-alcohol motifs (C(OH)–C–C–N with tert-alkyl or cyclic N) is 1. The number of benzene rings is 1. The largest absolute Gasteiger partial charge is 0.451 e. The number of carbonyl (C=O) groups excluding carboxylic acids is 2. The van der Waals surface area contributed by atoms with Gasteiger partial charge in [-0.15, -0.1) is 0 Å². The molecule has 2 aliphatic rings. The molecule has 1 saturated heterocycles. The number of amides is 2. The van der Waals surface area contributed by atoms with Crippen molar-refractivity contribution in [3.05, 3.63) is 35.6 Å². The normalized spacial score (nSPS) is 24.2. The molecule has 7 heteroatoms.